The number of amides is 1. The molecule has 1 aliphatic rings. The maximum absolute atomic E-state index is 12.5. The summed E-state index contributed by atoms with van der Waals surface area (Å²) in [6.07, 6.45) is 3.36. The second-order valence-electron chi connectivity index (χ2n) is 5.99. The number of piperidine rings is 1. The van der Waals surface area contributed by atoms with Crippen LogP contribution < -0.4 is 4.90 Å². The largest absolute Gasteiger partial charge is 0.305 e. The first-order chi connectivity index (χ1) is 11.4. The van der Waals surface area contributed by atoms with Gasteiger partial charge in [-0.1, -0.05) is 23.7 Å². The highest BCUT2D eigenvalue weighted by molar-refractivity contribution is 7.90. The number of halogens is 1. The molecular weight excluding hydrogens is 346 g/mol. The quantitative estimate of drug-likeness (QED) is 0.828. The van der Waals surface area contributed by atoms with Crippen molar-refractivity contribution < 1.29 is 13.2 Å². The molecule has 0 bridgehead atoms. The summed E-state index contributed by atoms with van der Waals surface area (Å²) in [6, 6.07) is 13.9. The smallest absolute Gasteiger partial charge is 0.227 e. The highest BCUT2D eigenvalue weighted by atomic mass is 35.5. The van der Waals surface area contributed by atoms with Crippen LogP contribution in [0.5, 0.6) is 0 Å². The summed E-state index contributed by atoms with van der Waals surface area (Å²) in [5, 5.41) is 0.622. The van der Waals surface area contributed by atoms with Gasteiger partial charge < -0.3 is 4.90 Å². The molecular formula is C18H18ClNO3S. The molecule has 0 aromatic heterocycles. The molecule has 0 N–H and O–H groups in total. The number of anilines is 1. The Kier molecular flexibility index (Phi) is 4.65. The summed E-state index contributed by atoms with van der Waals surface area (Å²) in [6.45, 7) is 0. The van der Waals surface area contributed by atoms with Gasteiger partial charge in [-0.3, -0.25) is 4.79 Å². The molecule has 0 spiro atoms. The van der Waals surface area contributed by atoms with Crippen LogP contribution in [-0.4, -0.2) is 20.6 Å². The molecule has 126 valence electrons. The van der Waals surface area contributed by atoms with E-state index in [0.29, 0.717) is 11.4 Å². The van der Waals surface area contributed by atoms with Crippen LogP contribution in [0.25, 0.3) is 0 Å². The van der Waals surface area contributed by atoms with Crippen molar-refractivity contribution in [2.45, 2.75) is 30.2 Å². The molecule has 1 aliphatic heterocycles. The van der Waals surface area contributed by atoms with Crippen LogP contribution in [-0.2, 0) is 14.6 Å². The molecule has 0 aliphatic carbocycles. The number of hydrogen-bond acceptors (Lipinski definition) is 3. The van der Waals surface area contributed by atoms with Crippen molar-refractivity contribution in [2.75, 3.05) is 11.2 Å². The van der Waals surface area contributed by atoms with E-state index in [1.165, 1.54) is 6.26 Å². The molecule has 6 heteroatoms. The number of carbonyl (C=O) groups is 1. The number of sulfone groups is 1. The third kappa shape index (κ3) is 3.47. The summed E-state index contributed by atoms with van der Waals surface area (Å²) in [7, 11) is -3.23. The molecule has 1 unspecified atom stereocenters. The van der Waals surface area contributed by atoms with Crippen molar-refractivity contribution in [3.05, 3.63) is 59.1 Å². The van der Waals surface area contributed by atoms with Gasteiger partial charge in [-0.15, -0.1) is 0 Å². The molecule has 2 aromatic carbocycles. The molecule has 1 heterocycles. The number of rotatable bonds is 3. The van der Waals surface area contributed by atoms with Crippen molar-refractivity contribution in [1.82, 2.24) is 0 Å². The Morgan fingerprint density at radius 2 is 1.67 bits per heavy atom. The van der Waals surface area contributed by atoms with Crippen LogP contribution in [0.1, 0.15) is 30.9 Å². The fourth-order valence-corrected chi connectivity index (χ4v) is 3.80. The Balaban J connectivity index is 1.97. The highest BCUT2D eigenvalue weighted by Crippen LogP contribution is 2.36. The highest BCUT2D eigenvalue weighted by Gasteiger charge is 2.30. The van der Waals surface area contributed by atoms with Gasteiger partial charge in [0, 0.05) is 23.4 Å². The van der Waals surface area contributed by atoms with E-state index in [1.807, 2.05) is 12.1 Å². The molecule has 1 fully saturated rings. The zero-order valence-corrected chi connectivity index (χ0v) is 14.8. The minimum atomic E-state index is -3.23. The second kappa shape index (κ2) is 6.57. The topological polar surface area (TPSA) is 54.5 Å². The third-order valence-electron chi connectivity index (χ3n) is 4.25. The van der Waals surface area contributed by atoms with E-state index < -0.39 is 9.84 Å². The number of hydrogen-bond donors (Lipinski definition) is 0. The van der Waals surface area contributed by atoms with Crippen molar-refractivity contribution in [3.8, 4) is 0 Å². The molecule has 0 radical (unpaired) electrons. The first-order valence-corrected chi connectivity index (χ1v) is 10.0. The van der Waals surface area contributed by atoms with Crippen LogP contribution in [0.15, 0.2) is 53.4 Å². The Bertz CT molecular complexity index is 845. The summed E-state index contributed by atoms with van der Waals surface area (Å²) >= 11 is 5.94. The van der Waals surface area contributed by atoms with Crippen LogP contribution >= 0.6 is 11.6 Å². The van der Waals surface area contributed by atoms with Gasteiger partial charge in [0.2, 0.25) is 5.91 Å². The molecule has 1 atom stereocenters. The molecule has 3 rings (SSSR count). The SMILES string of the molecule is CS(=O)(=O)c1ccc(C2CCCC(=O)N2c2ccc(Cl)cc2)cc1. The van der Waals surface area contributed by atoms with Crippen LogP contribution in [0, 0.1) is 0 Å². The maximum Gasteiger partial charge on any atom is 0.227 e. The van der Waals surface area contributed by atoms with E-state index in [2.05, 4.69) is 0 Å². The van der Waals surface area contributed by atoms with E-state index in [1.54, 1.807) is 41.3 Å². The fraction of sp³-hybridized carbons (Fsp3) is 0.278. The Hall–Kier alpha value is -1.85. The van der Waals surface area contributed by atoms with Crippen LogP contribution in [0.3, 0.4) is 0 Å². The minimum absolute atomic E-state index is 0.0702. The normalized spacial score (nSPS) is 18.7. The van der Waals surface area contributed by atoms with Gasteiger partial charge in [0.1, 0.15) is 0 Å². The van der Waals surface area contributed by atoms with Gasteiger partial charge in [0.25, 0.3) is 0 Å². The van der Waals surface area contributed by atoms with Gasteiger partial charge in [-0.05, 0) is 54.8 Å². The number of carbonyl (C=O) groups excluding carboxylic acids is 1. The van der Waals surface area contributed by atoms with E-state index in [9.17, 15) is 13.2 Å². The van der Waals surface area contributed by atoms with Gasteiger partial charge in [-0.25, -0.2) is 8.42 Å². The monoisotopic (exact) mass is 363 g/mol. The lowest BCUT2D eigenvalue weighted by molar-refractivity contribution is -0.120. The van der Waals surface area contributed by atoms with Gasteiger partial charge in [0.15, 0.2) is 9.84 Å². The summed E-state index contributed by atoms with van der Waals surface area (Å²) in [4.78, 5) is 14.6. The molecule has 1 saturated heterocycles. The van der Waals surface area contributed by atoms with Crippen molar-refractivity contribution in [2.24, 2.45) is 0 Å². The van der Waals surface area contributed by atoms with Crippen molar-refractivity contribution in [1.29, 1.82) is 0 Å². The zero-order chi connectivity index (χ0) is 17.3. The lowest BCUT2D eigenvalue weighted by Crippen LogP contribution is -2.38. The number of benzene rings is 2. The predicted molar refractivity (Wildman–Crippen MR) is 95.1 cm³/mol. The fourth-order valence-electron chi connectivity index (χ4n) is 3.05. The molecule has 2 aromatic rings. The first-order valence-electron chi connectivity index (χ1n) is 7.74. The van der Waals surface area contributed by atoms with Gasteiger partial charge in [-0.2, -0.15) is 0 Å². The Labute approximate surface area is 147 Å². The van der Waals surface area contributed by atoms with Gasteiger partial charge in [0.05, 0.1) is 10.9 Å². The van der Waals surface area contributed by atoms with Gasteiger partial charge >= 0.3 is 0 Å². The number of nitrogens with zero attached hydrogens (tertiary/aromatic N) is 1. The lowest BCUT2D eigenvalue weighted by atomic mass is 9.94. The molecule has 0 saturated carbocycles. The third-order valence-corrected chi connectivity index (χ3v) is 5.63. The zero-order valence-electron chi connectivity index (χ0n) is 13.3. The first kappa shape index (κ1) is 17.0. The maximum atomic E-state index is 12.5. The van der Waals surface area contributed by atoms with Crippen molar-refractivity contribution in [3.63, 3.8) is 0 Å². The second-order valence-corrected chi connectivity index (χ2v) is 8.44. The van der Waals surface area contributed by atoms with Crippen LogP contribution in [0.2, 0.25) is 5.02 Å². The molecule has 4 nitrogen and oxygen atoms in total. The van der Waals surface area contributed by atoms with E-state index >= 15 is 0 Å². The Morgan fingerprint density at radius 3 is 2.25 bits per heavy atom. The average Bonchev–Trinajstić information content (AvgIpc) is 2.55. The Morgan fingerprint density at radius 1 is 1.04 bits per heavy atom. The van der Waals surface area contributed by atoms with E-state index in [0.717, 1.165) is 24.1 Å². The van der Waals surface area contributed by atoms with Crippen molar-refractivity contribution >= 4 is 33.0 Å². The van der Waals surface area contributed by atoms with E-state index in [-0.39, 0.29) is 16.8 Å². The standard InChI is InChI=1S/C18H18ClNO3S/c1-24(22,23)16-11-5-13(6-12-16)17-3-2-4-18(21)20(17)15-9-7-14(19)8-10-15/h5-12,17H,2-4H2,1H3. The minimum Gasteiger partial charge on any atom is -0.305 e. The summed E-state index contributed by atoms with van der Waals surface area (Å²) in [5.41, 5.74) is 1.74. The van der Waals surface area contributed by atoms with E-state index in [4.69, 9.17) is 11.6 Å². The predicted octanol–water partition coefficient (Wildman–Crippen LogP) is 4.00. The average molecular weight is 364 g/mol. The molecule has 24 heavy (non-hydrogen) atoms. The van der Waals surface area contributed by atoms with Crippen LogP contribution in [0.4, 0.5) is 5.69 Å². The lowest BCUT2D eigenvalue weighted by Gasteiger charge is -2.36. The summed E-state index contributed by atoms with van der Waals surface area (Å²) < 4.78 is 23.2. The summed E-state index contributed by atoms with van der Waals surface area (Å²) in [5.74, 6) is 0.0702. The molecule has 1 amide bonds.